The van der Waals surface area contributed by atoms with Gasteiger partial charge >= 0.3 is 0 Å². The second-order valence-electron chi connectivity index (χ2n) is 5.70. The van der Waals surface area contributed by atoms with Gasteiger partial charge in [-0.1, -0.05) is 19.1 Å². The molecule has 2 heterocycles. The molecule has 4 heteroatoms. The summed E-state index contributed by atoms with van der Waals surface area (Å²) in [6, 6.07) is 7.37. The van der Waals surface area contributed by atoms with Crippen LogP contribution in [-0.2, 0) is 4.79 Å². The van der Waals surface area contributed by atoms with Crippen molar-refractivity contribution in [3.8, 4) is 5.75 Å². The van der Waals surface area contributed by atoms with E-state index in [0.29, 0.717) is 37.2 Å². The fraction of sp³-hybridized carbons (Fsp3) is 0.500. The van der Waals surface area contributed by atoms with Crippen molar-refractivity contribution in [2.75, 3.05) is 13.1 Å². The van der Waals surface area contributed by atoms with Gasteiger partial charge in [-0.05, 0) is 18.6 Å². The monoisotopic (exact) mass is 273 g/mol. The summed E-state index contributed by atoms with van der Waals surface area (Å²) in [7, 11) is 0. The van der Waals surface area contributed by atoms with Crippen LogP contribution in [0.3, 0.4) is 0 Å². The van der Waals surface area contributed by atoms with E-state index < -0.39 is 5.60 Å². The number of para-hydroxylation sites is 1. The summed E-state index contributed by atoms with van der Waals surface area (Å²) in [5.41, 5.74) is 0.158. The molecule has 1 spiro atoms. The van der Waals surface area contributed by atoms with Crippen LogP contribution >= 0.6 is 0 Å². The summed E-state index contributed by atoms with van der Waals surface area (Å²) >= 11 is 0. The van der Waals surface area contributed by atoms with Crippen molar-refractivity contribution in [3.63, 3.8) is 0 Å². The van der Waals surface area contributed by atoms with E-state index in [-0.39, 0.29) is 11.7 Å². The van der Waals surface area contributed by atoms with E-state index in [2.05, 4.69) is 0 Å². The number of ketones is 1. The third-order valence-electron chi connectivity index (χ3n) is 4.13. The lowest BCUT2D eigenvalue weighted by molar-refractivity contribution is -0.131. The normalized spacial score (nSPS) is 24.6. The highest BCUT2D eigenvalue weighted by Gasteiger charge is 2.46. The molecule has 0 aliphatic carbocycles. The SMILES string of the molecule is CCCC(=O)N1CCC2(CC(=O)c3ccccc3O2)C1. The van der Waals surface area contributed by atoms with Crippen LogP contribution in [0, 0.1) is 0 Å². The fourth-order valence-electron chi connectivity index (χ4n) is 3.10. The molecular formula is C16H19NO3. The van der Waals surface area contributed by atoms with Crippen molar-refractivity contribution in [3.05, 3.63) is 29.8 Å². The van der Waals surface area contributed by atoms with E-state index in [1.165, 1.54) is 0 Å². The highest BCUT2D eigenvalue weighted by Crippen LogP contribution is 2.38. The van der Waals surface area contributed by atoms with Gasteiger partial charge in [0.05, 0.1) is 18.5 Å². The maximum Gasteiger partial charge on any atom is 0.222 e. The predicted molar refractivity (Wildman–Crippen MR) is 74.9 cm³/mol. The number of rotatable bonds is 2. The number of benzene rings is 1. The van der Waals surface area contributed by atoms with Crippen molar-refractivity contribution in [2.24, 2.45) is 0 Å². The molecule has 1 aromatic rings. The number of hydrogen-bond donors (Lipinski definition) is 0. The Morgan fingerprint density at radius 2 is 2.20 bits per heavy atom. The molecule has 1 saturated heterocycles. The predicted octanol–water partition coefficient (Wildman–Crippen LogP) is 2.42. The average molecular weight is 273 g/mol. The molecule has 20 heavy (non-hydrogen) atoms. The molecule has 0 bridgehead atoms. The second kappa shape index (κ2) is 4.93. The van der Waals surface area contributed by atoms with Gasteiger partial charge in [0.25, 0.3) is 0 Å². The quantitative estimate of drug-likeness (QED) is 0.831. The van der Waals surface area contributed by atoms with Gasteiger partial charge in [-0.3, -0.25) is 9.59 Å². The highest BCUT2D eigenvalue weighted by molar-refractivity contribution is 6.00. The third-order valence-corrected chi connectivity index (χ3v) is 4.13. The second-order valence-corrected chi connectivity index (χ2v) is 5.70. The molecule has 4 nitrogen and oxygen atoms in total. The number of ether oxygens (including phenoxy) is 1. The Morgan fingerprint density at radius 3 is 3.00 bits per heavy atom. The van der Waals surface area contributed by atoms with Gasteiger partial charge in [0.2, 0.25) is 5.91 Å². The van der Waals surface area contributed by atoms with Gasteiger partial charge < -0.3 is 9.64 Å². The average Bonchev–Trinajstić information content (AvgIpc) is 2.83. The molecule has 2 aliphatic heterocycles. The molecule has 0 radical (unpaired) electrons. The number of nitrogens with zero attached hydrogens (tertiary/aromatic N) is 1. The fourth-order valence-corrected chi connectivity index (χ4v) is 3.10. The summed E-state index contributed by atoms with van der Waals surface area (Å²) in [4.78, 5) is 26.1. The molecule has 0 N–H and O–H groups in total. The summed E-state index contributed by atoms with van der Waals surface area (Å²) in [6.07, 6.45) is 2.54. The Bertz CT molecular complexity index is 554. The minimum absolute atomic E-state index is 0.122. The summed E-state index contributed by atoms with van der Waals surface area (Å²) < 4.78 is 6.09. The molecule has 0 aromatic heterocycles. The maximum atomic E-state index is 12.3. The van der Waals surface area contributed by atoms with Crippen molar-refractivity contribution in [1.29, 1.82) is 0 Å². The standard InChI is InChI=1S/C16H19NO3/c1-2-5-15(19)17-9-8-16(11-17)10-13(18)12-6-3-4-7-14(12)20-16/h3-4,6-7H,2,5,8-11H2,1H3. The van der Waals surface area contributed by atoms with Gasteiger partial charge in [0.1, 0.15) is 11.4 Å². The van der Waals surface area contributed by atoms with Crippen molar-refractivity contribution in [1.82, 2.24) is 4.90 Å². The number of amides is 1. The Labute approximate surface area is 118 Å². The topological polar surface area (TPSA) is 46.6 Å². The first kappa shape index (κ1) is 13.2. The first-order valence-electron chi connectivity index (χ1n) is 7.22. The van der Waals surface area contributed by atoms with E-state index in [0.717, 1.165) is 12.8 Å². The molecule has 1 atom stereocenters. The van der Waals surface area contributed by atoms with E-state index in [1.54, 1.807) is 6.07 Å². The third kappa shape index (κ3) is 2.19. The molecule has 106 valence electrons. The number of likely N-dealkylation sites (tertiary alicyclic amines) is 1. The lowest BCUT2D eigenvalue weighted by Crippen LogP contribution is -2.45. The van der Waals surface area contributed by atoms with E-state index in [1.807, 2.05) is 30.0 Å². The van der Waals surface area contributed by atoms with Gasteiger partial charge in [-0.2, -0.15) is 0 Å². The molecular weight excluding hydrogens is 254 g/mol. The largest absolute Gasteiger partial charge is 0.484 e. The summed E-state index contributed by atoms with van der Waals surface area (Å²) in [5, 5.41) is 0. The lowest BCUT2D eigenvalue weighted by Gasteiger charge is -2.34. The number of carbonyl (C=O) groups is 2. The maximum absolute atomic E-state index is 12.3. The van der Waals surface area contributed by atoms with E-state index >= 15 is 0 Å². The molecule has 0 saturated carbocycles. The summed E-state index contributed by atoms with van der Waals surface area (Å²) in [6.45, 7) is 3.22. The molecule has 1 fully saturated rings. The zero-order chi connectivity index (χ0) is 14.2. The first-order chi connectivity index (χ1) is 9.63. The number of fused-ring (bicyclic) bond motifs is 1. The van der Waals surface area contributed by atoms with Crippen LogP contribution in [0.1, 0.15) is 43.0 Å². The van der Waals surface area contributed by atoms with Crippen molar-refractivity contribution < 1.29 is 14.3 Å². The Hall–Kier alpha value is -1.84. The van der Waals surface area contributed by atoms with Crippen LogP contribution in [0.4, 0.5) is 0 Å². The smallest absolute Gasteiger partial charge is 0.222 e. The van der Waals surface area contributed by atoms with Gasteiger partial charge in [-0.15, -0.1) is 0 Å². The summed E-state index contributed by atoms with van der Waals surface area (Å²) in [5.74, 6) is 0.949. The molecule has 1 aromatic carbocycles. The van der Waals surface area contributed by atoms with Crippen molar-refractivity contribution in [2.45, 2.75) is 38.2 Å². The van der Waals surface area contributed by atoms with Crippen LogP contribution < -0.4 is 4.74 Å². The zero-order valence-corrected chi connectivity index (χ0v) is 11.7. The molecule has 1 amide bonds. The first-order valence-corrected chi connectivity index (χ1v) is 7.22. The van der Waals surface area contributed by atoms with Crippen LogP contribution in [0.15, 0.2) is 24.3 Å². The Morgan fingerprint density at radius 1 is 1.40 bits per heavy atom. The zero-order valence-electron chi connectivity index (χ0n) is 11.7. The Kier molecular flexibility index (Phi) is 3.24. The van der Waals surface area contributed by atoms with Gasteiger partial charge in [0, 0.05) is 19.4 Å². The van der Waals surface area contributed by atoms with Gasteiger partial charge in [0.15, 0.2) is 5.78 Å². The van der Waals surface area contributed by atoms with E-state index in [9.17, 15) is 9.59 Å². The minimum atomic E-state index is -0.505. The minimum Gasteiger partial charge on any atom is -0.484 e. The van der Waals surface area contributed by atoms with Crippen LogP contribution in [-0.4, -0.2) is 35.3 Å². The van der Waals surface area contributed by atoms with Crippen LogP contribution in [0.5, 0.6) is 5.75 Å². The molecule has 1 unspecified atom stereocenters. The number of hydrogen-bond acceptors (Lipinski definition) is 3. The van der Waals surface area contributed by atoms with Crippen molar-refractivity contribution >= 4 is 11.7 Å². The number of Topliss-reactive ketones (excluding diaryl/α,β-unsaturated/α-hetero) is 1. The highest BCUT2D eigenvalue weighted by atomic mass is 16.5. The van der Waals surface area contributed by atoms with Crippen LogP contribution in [0.2, 0.25) is 0 Å². The number of carbonyl (C=O) groups excluding carboxylic acids is 2. The van der Waals surface area contributed by atoms with E-state index in [4.69, 9.17) is 4.74 Å². The molecule has 3 rings (SSSR count). The van der Waals surface area contributed by atoms with Gasteiger partial charge in [-0.25, -0.2) is 0 Å². The molecule has 2 aliphatic rings. The lowest BCUT2D eigenvalue weighted by atomic mass is 9.89. The Balaban J connectivity index is 1.80. The van der Waals surface area contributed by atoms with Crippen LogP contribution in [0.25, 0.3) is 0 Å².